The van der Waals surface area contributed by atoms with Crippen LogP contribution in [0.1, 0.15) is 5.56 Å². The molecule has 7 heteroatoms. The maximum atomic E-state index is 11.0. The summed E-state index contributed by atoms with van der Waals surface area (Å²) < 4.78 is 11.4. The fraction of sp³-hybridized carbons (Fsp3) is 0.333. The van der Waals surface area contributed by atoms with Crippen molar-refractivity contribution >= 4 is 17.3 Å². The fourth-order valence-electron chi connectivity index (χ4n) is 2.81. The maximum Gasteiger partial charge on any atom is 0.310 e. The second-order valence-corrected chi connectivity index (χ2v) is 6.26. The van der Waals surface area contributed by atoms with Gasteiger partial charge in [0.05, 0.1) is 11.5 Å². The molecule has 0 aromatic heterocycles. The summed E-state index contributed by atoms with van der Waals surface area (Å²) in [6, 6.07) is 14.1. The molecule has 2 aromatic carbocycles. The van der Waals surface area contributed by atoms with Gasteiger partial charge in [-0.25, -0.2) is 0 Å². The number of nitrogens with zero attached hydrogens (tertiary/aromatic N) is 2. The zero-order valence-electron chi connectivity index (χ0n) is 13.6. The van der Waals surface area contributed by atoms with Crippen LogP contribution >= 0.6 is 11.6 Å². The molecule has 0 N–H and O–H groups in total. The first-order valence-electron chi connectivity index (χ1n) is 8.07. The third kappa shape index (κ3) is 4.69. The fourth-order valence-corrected chi connectivity index (χ4v) is 3.00. The summed E-state index contributed by atoms with van der Waals surface area (Å²) >= 11 is 6.22. The highest BCUT2D eigenvalue weighted by Crippen LogP contribution is 2.26. The van der Waals surface area contributed by atoms with Crippen molar-refractivity contribution in [2.24, 2.45) is 0 Å². The first kappa shape index (κ1) is 17.7. The predicted octanol–water partition coefficient (Wildman–Crippen LogP) is 3.53. The number of rotatable bonds is 6. The van der Waals surface area contributed by atoms with E-state index in [9.17, 15) is 10.1 Å². The molecule has 0 saturated carbocycles. The molecule has 2 aromatic rings. The van der Waals surface area contributed by atoms with Crippen LogP contribution in [0.2, 0.25) is 5.02 Å². The number of nitro benzene ring substituents is 1. The molecule has 1 fully saturated rings. The Kier molecular flexibility index (Phi) is 5.86. The number of morpholine rings is 1. The van der Waals surface area contributed by atoms with E-state index in [4.69, 9.17) is 21.1 Å². The molecule has 1 aliphatic heterocycles. The van der Waals surface area contributed by atoms with Crippen LogP contribution in [0, 0.1) is 10.1 Å². The van der Waals surface area contributed by atoms with Crippen molar-refractivity contribution in [3.05, 3.63) is 69.2 Å². The highest BCUT2D eigenvalue weighted by atomic mass is 35.5. The summed E-state index contributed by atoms with van der Waals surface area (Å²) in [5.74, 6) is 0.263. The number of hydrogen-bond acceptors (Lipinski definition) is 5. The van der Waals surface area contributed by atoms with Gasteiger partial charge in [-0.05, 0) is 17.7 Å². The molecule has 1 heterocycles. The molecule has 1 aliphatic rings. The van der Waals surface area contributed by atoms with Crippen LogP contribution in [0.5, 0.6) is 5.75 Å². The van der Waals surface area contributed by atoms with Crippen molar-refractivity contribution in [1.82, 2.24) is 4.90 Å². The average Bonchev–Trinajstić information content (AvgIpc) is 2.62. The monoisotopic (exact) mass is 362 g/mol. The van der Waals surface area contributed by atoms with Gasteiger partial charge < -0.3 is 9.47 Å². The predicted molar refractivity (Wildman–Crippen MR) is 95.1 cm³/mol. The number of halogens is 1. The van der Waals surface area contributed by atoms with Gasteiger partial charge in [0.25, 0.3) is 0 Å². The molecule has 6 nitrogen and oxygen atoms in total. The van der Waals surface area contributed by atoms with Crippen LogP contribution in [0.4, 0.5) is 5.69 Å². The molecule has 0 bridgehead atoms. The normalized spacial score (nSPS) is 18.0. The minimum atomic E-state index is -0.444. The van der Waals surface area contributed by atoms with E-state index in [1.807, 2.05) is 24.3 Å². The van der Waals surface area contributed by atoms with Crippen molar-refractivity contribution in [2.45, 2.75) is 12.6 Å². The number of ether oxygens (including phenoxy) is 2. The molecule has 0 aliphatic carbocycles. The van der Waals surface area contributed by atoms with Gasteiger partial charge >= 0.3 is 5.69 Å². The Labute approximate surface area is 151 Å². The number of nitro groups is 1. The highest BCUT2D eigenvalue weighted by Gasteiger charge is 2.23. The van der Waals surface area contributed by atoms with Gasteiger partial charge in [-0.2, -0.15) is 0 Å². The van der Waals surface area contributed by atoms with Crippen LogP contribution in [-0.2, 0) is 11.3 Å². The van der Waals surface area contributed by atoms with Crippen LogP contribution in [0.25, 0.3) is 0 Å². The molecule has 1 atom stereocenters. The number of benzene rings is 2. The summed E-state index contributed by atoms with van der Waals surface area (Å²) in [7, 11) is 0. The lowest BCUT2D eigenvalue weighted by molar-refractivity contribution is -0.385. The summed E-state index contributed by atoms with van der Waals surface area (Å²) in [4.78, 5) is 12.8. The standard InChI is InChI=1S/C18H19ClN2O4/c19-16-6-2-1-5-14(16)11-20-9-10-24-15(12-20)13-25-18-8-4-3-7-17(18)21(22)23/h1-8,15H,9-13H2/t15-/m0/s1. The number of para-hydroxylation sites is 2. The van der Waals surface area contributed by atoms with E-state index in [2.05, 4.69) is 4.90 Å². The Morgan fingerprint density at radius 2 is 2.00 bits per heavy atom. The first-order chi connectivity index (χ1) is 12.1. The minimum absolute atomic E-state index is 0.0359. The molecule has 1 saturated heterocycles. The van der Waals surface area contributed by atoms with Gasteiger partial charge in [-0.3, -0.25) is 15.0 Å². The van der Waals surface area contributed by atoms with E-state index in [1.54, 1.807) is 18.2 Å². The second-order valence-electron chi connectivity index (χ2n) is 5.86. The van der Waals surface area contributed by atoms with E-state index >= 15 is 0 Å². The van der Waals surface area contributed by atoms with Crippen molar-refractivity contribution in [3.63, 3.8) is 0 Å². The quantitative estimate of drug-likeness (QED) is 0.581. The van der Waals surface area contributed by atoms with Crippen LogP contribution in [0.15, 0.2) is 48.5 Å². The third-order valence-electron chi connectivity index (χ3n) is 4.06. The van der Waals surface area contributed by atoms with Crippen molar-refractivity contribution in [1.29, 1.82) is 0 Å². The number of hydrogen-bond donors (Lipinski definition) is 0. The van der Waals surface area contributed by atoms with E-state index in [0.717, 1.165) is 23.7 Å². The maximum absolute atomic E-state index is 11.0. The van der Waals surface area contributed by atoms with Crippen LogP contribution in [0.3, 0.4) is 0 Å². The Hall–Kier alpha value is -2.15. The smallest absolute Gasteiger partial charge is 0.310 e. The van der Waals surface area contributed by atoms with Gasteiger partial charge in [0.15, 0.2) is 5.75 Å². The van der Waals surface area contributed by atoms with Gasteiger partial charge in [0, 0.05) is 30.7 Å². The molecule has 3 rings (SSSR count). The van der Waals surface area contributed by atoms with Gasteiger partial charge in [0.1, 0.15) is 12.7 Å². The van der Waals surface area contributed by atoms with Crippen molar-refractivity contribution < 1.29 is 14.4 Å². The summed E-state index contributed by atoms with van der Waals surface area (Å²) in [5.41, 5.74) is 1.04. The van der Waals surface area contributed by atoms with Gasteiger partial charge in [0.2, 0.25) is 0 Å². The minimum Gasteiger partial charge on any atom is -0.484 e. The zero-order valence-corrected chi connectivity index (χ0v) is 14.4. The second kappa shape index (κ2) is 8.29. The Bertz CT molecular complexity index is 741. The lowest BCUT2D eigenvalue weighted by Gasteiger charge is -2.32. The molecule has 0 amide bonds. The van der Waals surface area contributed by atoms with Crippen LogP contribution < -0.4 is 4.74 Å². The topological polar surface area (TPSA) is 64.8 Å². The molecule has 0 spiro atoms. The zero-order chi connectivity index (χ0) is 17.6. The molecular weight excluding hydrogens is 344 g/mol. The SMILES string of the molecule is O=[N+]([O-])c1ccccc1OC[C@@H]1CN(Cc2ccccc2Cl)CCO1. The average molecular weight is 363 g/mol. The van der Waals surface area contributed by atoms with E-state index < -0.39 is 4.92 Å². The largest absolute Gasteiger partial charge is 0.484 e. The summed E-state index contributed by atoms with van der Waals surface area (Å²) in [6.45, 7) is 3.10. The van der Waals surface area contributed by atoms with Gasteiger partial charge in [-0.1, -0.05) is 41.9 Å². The molecule has 25 heavy (non-hydrogen) atoms. The van der Waals surface area contributed by atoms with Crippen molar-refractivity contribution in [2.75, 3.05) is 26.3 Å². The van der Waals surface area contributed by atoms with E-state index in [0.29, 0.717) is 13.2 Å². The molecule has 0 radical (unpaired) electrons. The Morgan fingerprint density at radius 1 is 1.24 bits per heavy atom. The Balaban J connectivity index is 1.57. The molecule has 132 valence electrons. The summed E-state index contributed by atoms with van der Waals surface area (Å²) in [6.07, 6.45) is -0.143. The van der Waals surface area contributed by atoms with E-state index in [-0.39, 0.29) is 24.1 Å². The molecular formula is C18H19ClN2O4. The lowest BCUT2D eigenvalue weighted by atomic mass is 10.2. The van der Waals surface area contributed by atoms with Gasteiger partial charge in [-0.15, -0.1) is 0 Å². The lowest BCUT2D eigenvalue weighted by Crippen LogP contribution is -2.44. The Morgan fingerprint density at radius 3 is 2.80 bits per heavy atom. The summed E-state index contributed by atoms with van der Waals surface area (Å²) in [5, 5.41) is 11.8. The third-order valence-corrected chi connectivity index (χ3v) is 4.43. The highest BCUT2D eigenvalue weighted by molar-refractivity contribution is 6.31. The van der Waals surface area contributed by atoms with Crippen LogP contribution in [-0.4, -0.2) is 42.2 Å². The van der Waals surface area contributed by atoms with Crippen molar-refractivity contribution in [3.8, 4) is 5.75 Å². The first-order valence-corrected chi connectivity index (χ1v) is 8.45. The van der Waals surface area contributed by atoms with E-state index in [1.165, 1.54) is 6.07 Å². The molecule has 0 unspecified atom stereocenters.